The van der Waals surface area contributed by atoms with Crippen molar-refractivity contribution in [2.75, 3.05) is 20.3 Å². The van der Waals surface area contributed by atoms with E-state index in [0.29, 0.717) is 23.8 Å². The molecule has 0 saturated carbocycles. The van der Waals surface area contributed by atoms with E-state index >= 15 is 0 Å². The molecular weight excluding hydrogens is 384 g/mol. The topological polar surface area (TPSA) is 55.1 Å². The highest BCUT2D eigenvalue weighted by Gasteiger charge is 2.43. The van der Waals surface area contributed by atoms with Crippen molar-refractivity contribution >= 4 is 11.6 Å². The lowest BCUT2D eigenvalue weighted by atomic mass is 9.72. The normalized spacial score (nSPS) is 22.9. The van der Waals surface area contributed by atoms with E-state index < -0.39 is 5.60 Å². The van der Waals surface area contributed by atoms with Gasteiger partial charge in [-0.2, -0.15) is 5.26 Å². The Morgan fingerprint density at radius 1 is 1.31 bits per heavy atom. The van der Waals surface area contributed by atoms with Crippen LogP contribution in [0.25, 0.3) is 11.1 Å². The van der Waals surface area contributed by atoms with Crippen molar-refractivity contribution in [1.82, 2.24) is 4.98 Å². The third kappa shape index (κ3) is 3.68. The summed E-state index contributed by atoms with van der Waals surface area (Å²) >= 11 is 6.33. The first-order chi connectivity index (χ1) is 13.9. The molecule has 0 unspecified atom stereocenters. The van der Waals surface area contributed by atoms with Crippen LogP contribution in [-0.4, -0.2) is 25.3 Å². The lowest BCUT2D eigenvalue weighted by molar-refractivity contribution is -0.0592. The number of aryl methyl sites for hydroxylation is 1. The van der Waals surface area contributed by atoms with Crippen molar-refractivity contribution in [2.45, 2.75) is 51.6 Å². The van der Waals surface area contributed by atoms with Gasteiger partial charge in [0.15, 0.2) is 0 Å². The highest BCUT2D eigenvalue weighted by Crippen LogP contribution is 2.45. The van der Waals surface area contributed by atoms with Crippen LogP contribution in [-0.2, 0) is 27.9 Å². The third-order valence-corrected chi connectivity index (χ3v) is 6.45. The number of rotatable bonds is 4. The number of benzene rings is 1. The molecule has 1 atom stereocenters. The van der Waals surface area contributed by atoms with Gasteiger partial charge in [-0.3, -0.25) is 4.98 Å². The molecule has 1 saturated heterocycles. The second-order valence-electron chi connectivity index (χ2n) is 8.98. The number of hydrogen-bond donors (Lipinski definition) is 0. The third-order valence-electron chi connectivity index (χ3n) is 6.22. The number of nitrogens with zero attached hydrogens (tertiary/aromatic N) is 2. The van der Waals surface area contributed by atoms with Crippen molar-refractivity contribution in [3.63, 3.8) is 0 Å². The Balaban J connectivity index is 2.03. The fourth-order valence-corrected chi connectivity index (χ4v) is 4.98. The zero-order chi connectivity index (χ0) is 20.6. The van der Waals surface area contributed by atoms with Crippen LogP contribution in [0.15, 0.2) is 24.3 Å². The standard InChI is InChI=1S/C24H27ClN2O2/c1-23(2)10-8-20-18(13-23)21(16-6-4-7-17(25)12-16)19(14-26)22(27-20)24(15-28-3)9-5-11-29-24/h4,6-7,12H,5,8-11,13,15H2,1-3H3/t24-/m0/s1. The molecule has 0 amide bonds. The average Bonchev–Trinajstić information content (AvgIpc) is 3.15. The molecule has 2 heterocycles. The fraction of sp³-hybridized carbons (Fsp3) is 0.500. The number of ether oxygens (including phenoxy) is 2. The van der Waals surface area contributed by atoms with Gasteiger partial charge in [-0.15, -0.1) is 0 Å². The van der Waals surface area contributed by atoms with Crippen LogP contribution < -0.4 is 0 Å². The summed E-state index contributed by atoms with van der Waals surface area (Å²) in [7, 11) is 1.67. The molecule has 0 radical (unpaired) electrons. The first-order valence-electron chi connectivity index (χ1n) is 10.2. The molecule has 1 aliphatic heterocycles. The minimum Gasteiger partial charge on any atom is -0.381 e. The van der Waals surface area contributed by atoms with E-state index in [1.54, 1.807) is 7.11 Å². The Labute approximate surface area is 177 Å². The number of aromatic nitrogens is 1. The first kappa shape index (κ1) is 20.3. The summed E-state index contributed by atoms with van der Waals surface area (Å²) in [6, 6.07) is 10.3. The van der Waals surface area contributed by atoms with Gasteiger partial charge < -0.3 is 9.47 Å². The molecule has 0 spiro atoms. The zero-order valence-electron chi connectivity index (χ0n) is 17.3. The van der Waals surface area contributed by atoms with Crippen molar-refractivity contribution in [2.24, 2.45) is 5.41 Å². The lowest BCUT2D eigenvalue weighted by Gasteiger charge is -2.35. The summed E-state index contributed by atoms with van der Waals surface area (Å²) in [4.78, 5) is 5.07. The second-order valence-corrected chi connectivity index (χ2v) is 9.41. The van der Waals surface area contributed by atoms with Gasteiger partial charge in [-0.1, -0.05) is 37.6 Å². The smallest absolute Gasteiger partial charge is 0.134 e. The maximum Gasteiger partial charge on any atom is 0.134 e. The monoisotopic (exact) mass is 410 g/mol. The number of methoxy groups -OCH3 is 1. The predicted octanol–water partition coefficient (Wildman–Crippen LogP) is 5.44. The molecule has 1 aromatic carbocycles. The SMILES string of the molecule is COC[C@]1(c2nc3c(c(-c4cccc(Cl)c4)c2C#N)CC(C)(C)CC3)CCCO1. The number of fused-ring (bicyclic) bond motifs is 1. The van der Waals surface area contributed by atoms with Crippen molar-refractivity contribution in [3.8, 4) is 17.2 Å². The molecule has 4 rings (SSSR count). The highest BCUT2D eigenvalue weighted by molar-refractivity contribution is 6.30. The maximum atomic E-state index is 10.3. The molecule has 4 nitrogen and oxygen atoms in total. The van der Waals surface area contributed by atoms with E-state index in [4.69, 9.17) is 26.1 Å². The Kier molecular flexibility index (Phi) is 5.42. The van der Waals surface area contributed by atoms with Crippen LogP contribution in [0.2, 0.25) is 5.02 Å². The van der Waals surface area contributed by atoms with Gasteiger partial charge in [-0.25, -0.2) is 0 Å². The molecule has 0 N–H and O–H groups in total. The lowest BCUT2D eigenvalue weighted by Crippen LogP contribution is -2.34. The first-order valence-corrected chi connectivity index (χ1v) is 10.6. The van der Waals surface area contributed by atoms with Crippen molar-refractivity contribution in [1.29, 1.82) is 5.26 Å². The molecule has 2 aromatic rings. The Morgan fingerprint density at radius 3 is 2.79 bits per heavy atom. The molecule has 1 aromatic heterocycles. The highest BCUT2D eigenvalue weighted by atomic mass is 35.5. The summed E-state index contributed by atoms with van der Waals surface area (Å²) < 4.78 is 11.7. The molecule has 0 bridgehead atoms. The molecule has 5 heteroatoms. The van der Waals surface area contributed by atoms with Gasteiger partial charge in [-0.05, 0) is 60.8 Å². The van der Waals surface area contributed by atoms with Crippen LogP contribution >= 0.6 is 11.6 Å². The zero-order valence-corrected chi connectivity index (χ0v) is 18.1. The van der Waals surface area contributed by atoms with Crippen LogP contribution in [0.1, 0.15) is 55.6 Å². The number of halogens is 1. The minimum atomic E-state index is -0.658. The van der Waals surface area contributed by atoms with Gasteiger partial charge in [0.2, 0.25) is 0 Å². The molecule has 152 valence electrons. The van der Waals surface area contributed by atoms with E-state index in [1.165, 1.54) is 5.56 Å². The van der Waals surface area contributed by atoms with Gasteiger partial charge in [0.1, 0.15) is 11.7 Å². The van der Waals surface area contributed by atoms with E-state index in [0.717, 1.165) is 54.6 Å². The fourth-order valence-electron chi connectivity index (χ4n) is 4.79. The molecule has 1 fully saturated rings. The van der Waals surface area contributed by atoms with Crippen LogP contribution in [0.4, 0.5) is 0 Å². The van der Waals surface area contributed by atoms with Crippen LogP contribution in [0, 0.1) is 16.7 Å². The Bertz CT molecular complexity index is 972. The van der Waals surface area contributed by atoms with Crippen LogP contribution in [0.5, 0.6) is 0 Å². The second kappa shape index (κ2) is 7.72. The number of pyridine rings is 1. The molecule has 1 aliphatic carbocycles. The Morgan fingerprint density at radius 2 is 2.14 bits per heavy atom. The summed E-state index contributed by atoms with van der Waals surface area (Å²) in [5.74, 6) is 0. The minimum absolute atomic E-state index is 0.171. The summed E-state index contributed by atoms with van der Waals surface area (Å²) in [6.45, 7) is 5.62. The van der Waals surface area contributed by atoms with Gasteiger partial charge in [0.05, 0.1) is 17.9 Å². The van der Waals surface area contributed by atoms with Gasteiger partial charge >= 0.3 is 0 Å². The van der Waals surface area contributed by atoms with Crippen molar-refractivity contribution in [3.05, 3.63) is 51.8 Å². The summed E-state index contributed by atoms with van der Waals surface area (Å²) in [6.07, 6.45) is 4.61. The molecule has 29 heavy (non-hydrogen) atoms. The van der Waals surface area contributed by atoms with Gasteiger partial charge in [0, 0.05) is 30.0 Å². The van der Waals surface area contributed by atoms with E-state index in [1.807, 2.05) is 24.3 Å². The maximum absolute atomic E-state index is 10.3. The van der Waals surface area contributed by atoms with Crippen LogP contribution in [0.3, 0.4) is 0 Å². The van der Waals surface area contributed by atoms with E-state index in [2.05, 4.69) is 19.9 Å². The van der Waals surface area contributed by atoms with Crippen molar-refractivity contribution < 1.29 is 9.47 Å². The summed E-state index contributed by atoms with van der Waals surface area (Å²) in [5.41, 5.74) is 5.04. The predicted molar refractivity (Wildman–Crippen MR) is 114 cm³/mol. The van der Waals surface area contributed by atoms with Gasteiger partial charge in [0.25, 0.3) is 0 Å². The van der Waals surface area contributed by atoms with E-state index in [-0.39, 0.29) is 5.41 Å². The quantitative estimate of drug-likeness (QED) is 0.673. The Hall–Kier alpha value is -1.93. The average molecular weight is 411 g/mol. The molecular formula is C24H27ClN2O2. The molecule has 2 aliphatic rings. The largest absolute Gasteiger partial charge is 0.381 e. The summed E-state index contributed by atoms with van der Waals surface area (Å²) in [5, 5.41) is 10.9. The number of nitriles is 1. The number of hydrogen-bond acceptors (Lipinski definition) is 4. The van der Waals surface area contributed by atoms with E-state index in [9.17, 15) is 5.26 Å².